The van der Waals surface area contributed by atoms with Crippen LogP contribution in [0.2, 0.25) is 0 Å². The van der Waals surface area contributed by atoms with E-state index in [0.29, 0.717) is 11.4 Å². The molecule has 0 spiro atoms. The quantitative estimate of drug-likeness (QED) is 0.675. The zero-order chi connectivity index (χ0) is 9.80. The van der Waals surface area contributed by atoms with E-state index in [4.69, 9.17) is 0 Å². The van der Waals surface area contributed by atoms with Crippen molar-refractivity contribution in [1.29, 1.82) is 0 Å². The van der Waals surface area contributed by atoms with Crippen molar-refractivity contribution in [3.8, 4) is 11.4 Å². The number of pyridine rings is 2. The molecule has 0 radical (unpaired) electrons. The number of rotatable bonds is 2. The summed E-state index contributed by atoms with van der Waals surface area (Å²) >= 11 is 0. The first-order valence-electron chi connectivity index (χ1n) is 4.11. The molecule has 68 valence electrons. The minimum atomic E-state index is 0.362. The van der Waals surface area contributed by atoms with E-state index in [2.05, 4.69) is 15.1 Å². The molecule has 0 aliphatic carbocycles. The van der Waals surface area contributed by atoms with Gasteiger partial charge in [-0.1, -0.05) is 6.07 Å². The van der Waals surface area contributed by atoms with E-state index in [9.17, 15) is 4.91 Å². The van der Waals surface area contributed by atoms with E-state index in [-0.39, 0.29) is 0 Å². The summed E-state index contributed by atoms with van der Waals surface area (Å²) in [6.07, 6.45) is 3.22. The second-order valence-corrected chi connectivity index (χ2v) is 2.71. The predicted octanol–water partition coefficient (Wildman–Crippen LogP) is 2.54. The fourth-order valence-corrected chi connectivity index (χ4v) is 1.13. The molecule has 0 aromatic carbocycles. The Bertz CT molecular complexity index is 442. The summed E-state index contributed by atoms with van der Waals surface area (Å²) in [6.45, 7) is 0. The smallest absolute Gasteiger partial charge is 0.111 e. The van der Waals surface area contributed by atoms with Crippen LogP contribution in [0.15, 0.2) is 47.9 Å². The van der Waals surface area contributed by atoms with E-state index in [1.54, 1.807) is 24.5 Å². The van der Waals surface area contributed by atoms with Gasteiger partial charge < -0.3 is 0 Å². The Balaban J connectivity index is 2.47. The molecule has 0 N–H and O–H groups in total. The standard InChI is InChI=1S/C10H7N3O/c14-13-8-4-6-12-10(7-8)9-3-1-2-5-11-9/h1-7H. The van der Waals surface area contributed by atoms with Crippen molar-refractivity contribution < 1.29 is 0 Å². The minimum Gasteiger partial charge on any atom is -0.255 e. The van der Waals surface area contributed by atoms with Gasteiger partial charge in [0.25, 0.3) is 0 Å². The first-order valence-corrected chi connectivity index (χ1v) is 4.11. The van der Waals surface area contributed by atoms with E-state index >= 15 is 0 Å². The largest absolute Gasteiger partial charge is 0.255 e. The maximum absolute atomic E-state index is 10.3. The van der Waals surface area contributed by atoms with Crippen LogP contribution in [0.3, 0.4) is 0 Å². The molecule has 2 aromatic rings. The molecule has 0 amide bonds. The van der Waals surface area contributed by atoms with E-state index in [0.717, 1.165) is 5.69 Å². The van der Waals surface area contributed by atoms with Gasteiger partial charge in [0.2, 0.25) is 0 Å². The molecule has 0 aliphatic heterocycles. The summed E-state index contributed by atoms with van der Waals surface area (Å²) in [5.74, 6) is 0. The van der Waals surface area contributed by atoms with Gasteiger partial charge in [0.1, 0.15) is 5.69 Å². The van der Waals surface area contributed by atoms with Gasteiger partial charge in [0, 0.05) is 12.4 Å². The highest BCUT2D eigenvalue weighted by Crippen LogP contribution is 2.18. The zero-order valence-electron chi connectivity index (χ0n) is 7.29. The van der Waals surface area contributed by atoms with Gasteiger partial charge in [0.15, 0.2) is 0 Å². The van der Waals surface area contributed by atoms with Crippen LogP contribution in [0, 0.1) is 4.91 Å². The van der Waals surface area contributed by atoms with Crippen LogP contribution in [0.25, 0.3) is 11.4 Å². The first kappa shape index (κ1) is 8.50. The molecule has 0 bridgehead atoms. The van der Waals surface area contributed by atoms with E-state index < -0.39 is 0 Å². The van der Waals surface area contributed by atoms with E-state index in [1.165, 1.54) is 0 Å². The molecule has 2 aromatic heterocycles. The number of hydrogen-bond donors (Lipinski definition) is 0. The van der Waals surface area contributed by atoms with Crippen molar-refractivity contribution in [1.82, 2.24) is 9.97 Å². The predicted molar refractivity (Wildman–Crippen MR) is 52.9 cm³/mol. The molecule has 14 heavy (non-hydrogen) atoms. The third-order valence-corrected chi connectivity index (χ3v) is 1.78. The lowest BCUT2D eigenvalue weighted by atomic mass is 10.2. The minimum absolute atomic E-state index is 0.362. The fraction of sp³-hybridized carbons (Fsp3) is 0. The number of nitroso groups, excluding NO2 is 1. The molecule has 0 saturated heterocycles. The van der Waals surface area contributed by atoms with Gasteiger partial charge in [-0.05, 0) is 29.4 Å². The van der Waals surface area contributed by atoms with Crippen LogP contribution >= 0.6 is 0 Å². The van der Waals surface area contributed by atoms with Crippen molar-refractivity contribution >= 4 is 5.69 Å². The molecule has 2 rings (SSSR count). The van der Waals surface area contributed by atoms with Crippen molar-refractivity contribution in [3.05, 3.63) is 47.6 Å². The molecule has 4 heteroatoms. The topological polar surface area (TPSA) is 55.2 Å². The summed E-state index contributed by atoms with van der Waals surface area (Å²) in [7, 11) is 0. The van der Waals surface area contributed by atoms with Crippen LogP contribution in [0.4, 0.5) is 5.69 Å². The number of nitrogens with zero attached hydrogens (tertiary/aromatic N) is 3. The average Bonchev–Trinajstić information content (AvgIpc) is 2.30. The highest BCUT2D eigenvalue weighted by Gasteiger charge is 2.00. The lowest BCUT2D eigenvalue weighted by Gasteiger charge is -1.98. The maximum Gasteiger partial charge on any atom is 0.111 e. The number of hydrogen-bond acceptors (Lipinski definition) is 4. The Morgan fingerprint density at radius 2 is 1.86 bits per heavy atom. The van der Waals surface area contributed by atoms with Gasteiger partial charge in [-0.15, -0.1) is 4.91 Å². The lowest BCUT2D eigenvalue weighted by molar-refractivity contribution is 1.24. The van der Waals surface area contributed by atoms with Crippen LogP contribution in [0.5, 0.6) is 0 Å². The van der Waals surface area contributed by atoms with Crippen molar-refractivity contribution in [2.75, 3.05) is 0 Å². The first-order chi connectivity index (χ1) is 6.90. The average molecular weight is 185 g/mol. The van der Waals surface area contributed by atoms with Gasteiger partial charge in [-0.3, -0.25) is 9.97 Å². The van der Waals surface area contributed by atoms with Crippen molar-refractivity contribution in [3.63, 3.8) is 0 Å². The van der Waals surface area contributed by atoms with E-state index in [1.807, 2.05) is 18.2 Å². The molecular formula is C10H7N3O. The fourth-order valence-electron chi connectivity index (χ4n) is 1.13. The van der Waals surface area contributed by atoms with Crippen molar-refractivity contribution in [2.24, 2.45) is 5.18 Å². The molecule has 2 heterocycles. The highest BCUT2D eigenvalue weighted by molar-refractivity contribution is 5.58. The second-order valence-electron chi connectivity index (χ2n) is 2.71. The third-order valence-electron chi connectivity index (χ3n) is 1.78. The van der Waals surface area contributed by atoms with Crippen LogP contribution in [-0.4, -0.2) is 9.97 Å². The molecule has 0 atom stereocenters. The SMILES string of the molecule is O=Nc1ccnc(-c2ccccn2)c1. The van der Waals surface area contributed by atoms with Gasteiger partial charge in [0.05, 0.1) is 11.4 Å². The van der Waals surface area contributed by atoms with Crippen LogP contribution < -0.4 is 0 Å². The summed E-state index contributed by atoms with van der Waals surface area (Å²) in [5, 5.41) is 2.84. The Morgan fingerprint density at radius 1 is 1.00 bits per heavy atom. The van der Waals surface area contributed by atoms with Crippen LogP contribution in [0.1, 0.15) is 0 Å². The molecular weight excluding hydrogens is 178 g/mol. The Labute approximate surface area is 80.6 Å². The molecule has 0 fully saturated rings. The van der Waals surface area contributed by atoms with Crippen LogP contribution in [-0.2, 0) is 0 Å². The Morgan fingerprint density at radius 3 is 2.57 bits per heavy atom. The summed E-state index contributed by atoms with van der Waals surface area (Å²) in [5.41, 5.74) is 1.75. The summed E-state index contributed by atoms with van der Waals surface area (Å²) < 4.78 is 0. The monoisotopic (exact) mass is 185 g/mol. The van der Waals surface area contributed by atoms with Crippen molar-refractivity contribution in [2.45, 2.75) is 0 Å². The van der Waals surface area contributed by atoms with Gasteiger partial charge in [-0.2, -0.15) is 0 Å². The molecule has 4 nitrogen and oxygen atoms in total. The summed E-state index contributed by atoms with van der Waals surface area (Å²) in [6, 6.07) is 8.68. The van der Waals surface area contributed by atoms with Gasteiger partial charge >= 0.3 is 0 Å². The number of aromatic nitrogens is 2. The highest BCUT2D eigenvalue weighted by atomic mass is 16.3. The Hall–Kier alpha value is -2.10. The lowest BCUT2D eigenvalue weighted by Crippen LogP contribution is -1.84. The Kier molecular flexibility index (Phi) is 2.27. The normalized spacial score (nSPS) is 9.71. The second kappa shape index (κ2) is 3.74. The molecule has 0 unspecified atom stereocenters. The zero-order valence-corrected chi connectivity index (χ0v) is 7.29. The third kappa shape index (κ3) is 1.64. The maximum atomic E-state index is 10.3. The molecule has 0 saturated carbocycles. The van der Waals surface area contributed by atoms with Gasteiger partial charge in [-0.25, -0.2) is 0 Å². The summed E-state index contributed by atoms with van der Waals surface area (Å²) in [4.78, 5) is 18.5. The molecule has 0 aliphatic rings.